The first-order valence-corrected chi connectivity index (χ1v) is 9.29. The number of benzene rings is 3. The highest BCUT2D eigenvalue weighted by atomic mass is 16.5. The number of alkyl carbamates (subject to hydrolysis) is 1. The molecule has 3 aromatic carbocycles. The Balaban J connectivity index is 1.36. The Morgan fingerprint density at radius 2 is 1.69 bits per heavy atom. The molecular formula is C24H20N2O3. The van der Waals surface area contributed by atoms with Gasteiger partial charge in [0, 0.05) is 11.6 Å². The predicted octanol–water partition coefficient (Wildman–Crippen LogP) is 3.86. The van der Waals surface area contributed by atoms with E-state index < -0.39 is 6.09 Å². The number of amides is 1. The molecule has 0 unspecified atom stereocenters. The van der Waals surface area contributed by atoms with Crippen molar-refractivity contribution in [3.8, 4) is 28.7 Å². The molecule has 0 spiro atoms. The Bertz CT molecular complexity index is 1080. The monoisotopic (exact) mass is 384 g/mol. The minimum Gasteiger partial charge on any atom is -0.507 e. The number of fused-ring (bicyclic) bond motifs is 3. The Morgan fingerprint density at radius 3 is 2.38 bits per heavy atom. The summed E-state index contributed by atoms with van der Waals surface area (Å²) >= 11 is 0. The van der Waals surface area contributed by atoms with Gasteiger partial charge in [-0.3, -0.25) is 0 Å². The average Bonchev–Trinajstić information content (AvgIpc) is 3.06. The molecule has 0 aliphatic heterocycles. The summed E-state index contributed by atoms with van der Waals surface area (Å²) in [5, 5.41) is 12.4. The lowest BCUT2D eigenvalue weighted by atomic mass is 9.98. The van der Waals surface area contributed by atoms with Crippen molar-refractivity contribution in [2.24, 2.45) is 0 Å². The fourth-order valence-electron chi connectivity index (χ4n) is 3.56. The fourth-order valence-corrected chi connectivity index (χ4v) is 3.56. The van der Waals surface area contributed by atoms with Gasteiger partial charge >= 0.3 is 6.09 Å². The van der Waals surface area contributed by atoms with E-state index in [9.17, 15) is 9.90 Å². The maximum absolute atomic E-state index is 12.1. The van der Waals surface area contributed by atoms with Crippen LogP contribution in [-0.4, -0.2) is 24.4 Å². The predicted molar refractivity (Wildman–Crippen MR) is 112 cm³/mol. The van der Waals surface area contributed by atoms with Crippen LogP contribution in [0.5, 0.6) is 5.75 Å². The first kappa shape index (κ1) is 18.5. The highest BCUT2D eigenvalue weighted by Gasteiger charge is 2.28. The number of hydrogen-bond acceptors (Lipinski definition) is 4. The van der Waals surface area contributed by atoms with Crippen molar-refractivity contribution in [3.05, 3.63) is 83.4 Å². The van der Waals surface area contributed by atoms with Crippen molar-refractivity contribution in [2.45, 2.75) is 5.92 Å². The van der Waals surface area contributed by atoms with Crippen molar-refractivity contribution in [1.29, 1.82) is 0 Å². The molecule has 0 saturated heterocycles. The molecule has 1 amide bonds. The van der Waals surface area contributed by atoms with Gasteiger partial charge in [-0.2, -0.15) is 0 Å². The van der Waals surface area contributed by atoms with Crippen LogP contribution in [0.25, 0.3) is 11.1 Å². The van der Waals surface area contributed by atoms with Crippen molar-refractivity contribution in [1.82, 2.24) is 5.32 Å². The first-order chi connectivity index (χ1) is 14.1. The van der Waals surface area contributed by atoms with Crippen molar-refractivity contribution >= 4 is 11.8 Å². The van der Waals surface area contributed by atoms with Gasteiger partial charge in [-0.15, -0.1) is 0 Å². The van der Waals surface area contributed by atoms with Crippen LogP contribution in [-0.2, 0) is 4.74 Å². The Morgan fingerprint density at radius 1 is 1.03 bits per heavy atom. The van der Waals surface area contributed by atoms with Crippen LogP contribution in [0.15, 0.2) is 66.7 Å². The Hall–Kier alpha value is -3.91. The van der Waals surface area contributed by atoms with E-state index in [-0.39, 0.29) is 24.8 Å². The van der Waals surface area contributed by atoms with Gasteiger partial charge in [0.2, 0.25) is 0 Å². The quantitative estimate of drug-likeness (QED) is 0.364. The topological polar surface area (TPSA) is 84.6 Å². The second kappa shape index (κ2) is 7.99. The highest BCUT2D eigenvalue weighted by Crippen LogP contribution is 2.44. The summed E-state index contributed by atoms with van der Waals surface area (Å²) < 4.78 is 5.45. The molecule has 144 valence electrons. The zero-order valence-corrected chi connectivity index (χ0v) is 15.7. The summed E-state index contributed by atoms with van der Waals surface area (Å²) in [7, 11) is 0. The van der Waals surface area contributed by atoms with Crippen LogP contribution >= 0.6 is 0 Å². The number of rotatable bonds is 3. The molecule has 1 aliphatic carbocycles. The van der Waals surface area contributed by atoms with E-state index in [1.165, 1.54) is 28.3 Å². The number of nitrogens with two attached hydrogens (primary N) is 1. The van der Waals surface area contributed by atoms with E-state index in [0.29, 0.717) is 11.3 Å². The Labute approximate surface area is 169 Å². The summed E-state index contributed by atoms with van der Waals surface area (Å²) in [6.07, 6.45) is -0.530. The number of carbonyl (C=O) groups excluding carboxylic acids is 1. The fraction of sp³-hybridized carbons (Fsp3) is 0.125. The Kier molecular flexibility index (Phi) is 5.08. The molecule has 4 N–H and O–H groups in total. The molecule has 29 heavy (non-hydrogen) atoms. The van der Waals surface area contributed by atoms with Crippen LogP contribution in [0.3, 0.4) is 0 Å². The van der Waals surface area contributed by atoms with Crippen molar-refractivity contribution in [2.75, 3.05) is 18.9 Å². The number of carbonyl (C=O) groups is 1. The zero-order chi connectivity index (χ0) is 20.2. The van der Waals surface area contributed by atoms with Gasteiger partial charge in [0.15, 0.2) is 0 Å². The molecule has 4 rings (SSSR count). The van der Waals surface area contributed by atoms with E-state index in [0.717, 1.165) is 0 Å². The number of ether oxygens (including phenoxy) is 1. The molecule has 0 fully saturated rings. The van der Waals surface area contributed by atoms with E-state index in [1.807, 2.05) is 24.3 Å². The van der Waals surface area contributed by atoms with Crippen LogP contribution in [0, 0.1) is 11.8 Å². The third kappa shape index (κ3) is 3.87. The van der Waals surface area contributed by atoms with Crippen LogP contribution in [0.2, 0.25) is 0 Å². The highest BCUT2D eigenvalue weighted by molar-refractivity contribution is 5.79. The lowest BCUT2D eigenvalue weighted by Crippen LogP contribution is -2.26. The number of aromatic hydroxyl groups is 1. The summed E-state index contributed by atoms with van der Waals surface area (Å²) in [5.74, 6) is 5.63. The van der Waals surface area contributed by atoms with Crippen LogP contribution in [0.4, 0.5) is 10.5 Å². The second-order valence-electron chi connectivity index (χ2n) is 6.76. The smallest absolute Gasteiger partial charge is 0.407 e. The standard InChI is InChI=1S/C24H20N2O3/c25-17-11-12-23(27)16(14-17)6-5-13-26-24(28)29-15-22-20-9-3-1-7-18(20)19-8-2-4-10-21(19)22/h1-4,7-12,14,22,27H,13,15,25H2,(H,26,28). The lowest BCUT2D eigenvalue weighted by Gasteiger charge is -2.14. The largest absolute Gasteiger partial charge is 0.507 e. The summed E-state index contributed by atoms with van der Waals surface area (Å²) in [5.41, 5.74) is 11.3. The minimum atomic E-state index is -0.530. The van der Waals surface area contributed by atoms with E-state index in [1.54, 1.807) is 12.1 Å². The molecule has 0 radical (unpaired) electrons. The summed E-state index contributed by atoms with van der Waals surface area (Å²) in [6, 6.07) is 21.0. The number of phenolic OH excluding ortho intramolecular Hbond substituents is 1. The van der Waals surface area contributed by atoms with E-state index in [2.05, 4.69) is 41.4 Å². The van der Waals surface area contributed by atoms with Gasteiger partial charge in [-0.05, 0) is 40.5 Å². The van der Waals surface area contributed by atoms with Crippen molar-refractivity contribution in [3.63, 3.8) is 0 Å². The van der Waals surface area contributed by atoms with Gasteiger partial charge in [-0.25, -0.2) is 4.79 Å². The number of nitrogen functional groups attached to an aromatic ring is 1. The van der Waals surface area contributed by atoms with Crippen molar-refractivity contribution < 1.29 is 14.6 Å². The summed E-state index contributed by atoms with van der Waals surface area (Å²) in [6.45, 7) is 0.355. The number of nitrogens with one attached hydrogen (secondary N) is 1. The summed E-state index contributed by atoms with van der Waals surface area (Å²) in [4.78, 5) is 12.1. The number of phenols is 1. The molecule has 5 nitrogen and oxygen atoms in total. The molecule has 3 aromatic rings. The SMILES string of the molecule is Nc1ccc(O)c(C#CCNC(=O)OCC2c3ccccc3-c3ccccc32)c1. The second-order valence-corrected chi connectivity index (χ2v) is 6.76. The molecule has 0 saturated carbocycles. The zero-order valence-electron chi connectivity index (χ0n) is 15.7. The molecule has 0 bridgehead atoms. The maximum Gasteiger partial charge on any atom is 0.407 e. The van der Waals surface area contributed by atoms with Gasteiger partial charge < -0.3 is 20.9 Å². The lowest BCUT2D eigenvalue weighted by molar-refractivity contribution is 0.144. The third-order valence-corrected chi connectivity index (χ3v) is 4.91. The van der Waals surface area contributed by atoms with E-state index >= 15 is 0 Å². The molecule has 0 aromatic heterocycles. The molecule has 5 heteroatoms. The van der Waals surface area contributed by atoms with Gasteiger partial charge in [0.1, 0.15) is 12.4 Å². The van der Waals surface area contributed by atoms with Gasteiger partial charge in [0.05, 0.1) is 12.1 Å². The average molecular weight is 384 g/mol. The van der Waals surface area contributed by atoms with Gasteiger partial charge in [0.25, 0.3) is 0 Å². The number of anilines is 1. The minimum absolute atomic E-state index is 0.0171. The normalized spacial score (nSPS) is 11.7. The molecule has 1 aliphatic rings. The molecule has 0 atom stereocenters. The molecule has 0 heterocycles. The first-order valence-electron chi connectivity index (χ1n) is 9.29. The maximum atomic E-state index is 12.1. The third-order valence-electron chi connectivity index (χ3n) is 4.91. The van der Waals surface area contributed by atoms with E-state index in [4.69, 9.17) is 10.5 Å². The van der Waals surface area contributed by atoms with Gasteiger partial charge in [-0.1, -0.05) is 60.4 Å². The molecular weight excluding hydrogens is 364 g/mol. The number of hydrogen-bond donors (Lipinski definition) is 3. The van der Waals surface area contributed by atoms with Crippen LogP contribution in [0.1, 0.15) is 22.6 Å². The van der Waals surface area contributed by atoms with Crippen LogP contribution < -0.4 is 11.1 Å².